The Bertz CT molecular complexity index is 1040. The average Bonchev–Trinajstić information content (AvgIpc) is 2.66. The van der Waals surface area contributed by atoms with Gasteiger partial charge in [0, 0.05) is 16.5 Å². The predicted octanol–water partition coefficient (Wildman–Crippen LogP) is 8.17. The summed E-state index contributed by atoms with van der Waals surface area (Å²) < 4.78 is 68.7. The molecule has 0 heterocycles. The molecule has 170 valence electrons. The SMILES string of the molecule is COC(=O)Oc1ccc([S+](C)Cc2cccc3ccccc23)cc1.F[P-](F)(F)(F)(F)F. The minimum absolute atomic E-state index is 0.0651. The van der Waals surface area contributed by atoms with Crippen LogP contribution in [0.5, 0.6) is 5.75 Å². The van der Waals surface area contributed by atoms with Crippen molar-refractivity contribution in [3.8, 4) is 5.75 Å². The molecule has 3 rings (SSSR count). The summed E-state index contributed by atoms with van der Waals surface area (Å²) in [6.07, 6.45) is 1.53. The molecule has 0 aromatic heterocycles. The fourth-order valence-corrected chi connectivity index (χ4v) is 4.10. The fourth-order valence-electron chi connectivity index (χ4n) is 2.61. The van der Waals surface area contributed by atoms with Crippen molar-refractivity contribution in [2.45, 2.75) is 10.6 Å². The first-order chi connectivity index (χ1) is 14.1. The Labute approximate surface area is 177 Å². The quantitative estimate of drug-likeness (QED) is 0.123. The Hall–Kier alpha value is -2.45. The Morgan fingerprint density at radius 3 is 2.00 bits per heavy atom. The van der Waals surface area contributed by atoms with Gasteiger partial charge < -0.3 is 9.47 Å². The summed E-state index contributed by atoms with van der Waals surface area (Å²) in [5, 5.41) is 2.58. The van der Waals surface area contributed by atoms with Crippen LogP contribution in [0.15, 0.2) is 71.6 Å². The van der Waals surface area contributed by atoms with Crippen LogP contribution in [-0.4, -0.2) is 19.5 Å². The molecule has 0 saturated heterocycles. The third-order valence-electron chi connectivity index (χ3n) is 3.85. The Morgan fingerprint density at radius 2 is 1.42 bits per heavy atom. The standard InChI is InChI=1S/C20H19O3S.F6P/c1-22-20(21)23-17-10-12-18(13-11-17)24(2)14-16-8-5-7-15-6-3-4-9-19(15)16;1-7(2,3,4,5)6/h3-13H,14H2,1-2H3;/q+1;-1. The molecule has 3 aromatic carbocycles. The van der Waals surface area contributed by atoms with Crippen molar-refractivity contribution in [2.24, 2.45) is 0 Å². The number of benzene rings is 3. The molecule has 1 atom stereocenters. The van der Waals surface area contributed by atoms with Crippen molar-refractivity contribution in [1.29, 1.82) is 0 Å². The van der Waals surface area contributed by atoms with Gasteiger partial charge in [-0.15, -0.1) is 0 Å². The van der Waals surface area contributed by atoms with E-state index in [1.54, 1.807) is 12.1 Å². The molecule has 0 bridgehead atoms. The van der Waals surface area contributed by atoms with Crippen LogP contribution < -0.4 is 4.74 Å². The molecule has 0 fully saturated rings. The van der Waals surface area contributed by atoms with Crippen LogP contribution in [0.1, 0.15) is 5.56 Å². The molecule has 0 saturated carbocycles. The van der Waals surface area contributed by atoms with Gasteiger partial charge in [0.1, 0.15) is 17.8 Å². The fraction of sp³-hybridized carbons (Fsp3) is 0.150. The van der Waals surface area contributed by atoms with Crippen molar-refractivity contribution >= 4 is 35.6 Å². The van der Waals surface area contributed by atoms with Crippen LogP contribution >= 0.6 is 7.81 Å². The molecule has 0 N–H and O–H groups in total. The van der Waals surface area contributed by atoms with E-state index in [0.717, 1.165) is 5.75 Å². The van der Waals surface area contributed by atoms with E-state index in [1.807, 2.05) is 12.1 Å². The van der Waals surface area contributed by atoms with E-state index in [2.05, 4.69) is 53.5 Å². The van der Waals surface area contributed by atoms with E-state index in [4.69, 9.17) is 4.74 Å². The summed E-state index contributed by atoms with van der Waals surface area (Å²) in [6.45, 7) is 0. The first-order valence-electron chi connectivity index (χ1n) is 8.64. The number of methoxy groups -OCH3 is 1. The molecular formula is C20H19F6O3PS. The van der Waals surface area contributed by atoms with E-state index in [-0.39, 0.29) is 10.9 Å². The molecular weight excluding hydrogens is 465 g/mol. The molecule has 3 nitrogen and oxygen atoms in total. The van der Waals surface area contributed by atoms with E-state index in [9.17, 15) is 30.0 Å². The van der Waals surface area contributed by atoms with Gasteiger partial charge in [-0.1, -0.05) is 42.5 Å². The number of rotatable bonds is 4. The van der Waals surface area contributed by atoms with Crippen molar-refractivity contribution in [1.82, 2.24) is 0 Å². The maximum atomic E-state index is 11.1. The molecule has 0 radical (unpaired) electrons. The first-order valence-corrected chi connectivity index (χ1v) is 12.5. The van der Waals surface area contributed by atoms with Gasteiger partial charge in [0.25, 0.3) is 0 Å². The van der Waals surface area contributed by atoms with Gasteiger partial charge in [-0.25, -0.2) is 4.79 Å². The number of hydrogen-bond acceptors (Lipinski definition) is 3. The number of halogens is 6. The number of fused-ring (bicyclic) bond motifs is 1. The zero-order valence-corrected chi connectivity index (χ0v) is 18.1. The van der Waals surface area contributed by atoms with Crippen LogP contribution in [0.4, 0.5) is 30.0 Å². The molecule has 0 spiro atoms. The van der Waals surface area contributed by atoms with Gasteiger partial charge in [-0.3, -0.25) is 0 Å². The zero-order chi connectivity index (χ0) is 23.3. The van der Waals surface area contributed by atoms with Crippen LogP contribution in [-0.2, 0) is 21.4 Å². The van der Waals surface area contributed by atoms with Gasteiger partial charge in [0.05, 0.1) is 7.11 Å². The normalized spacial score (nSPS) is 14.5. The van der Waals surface area contributed by atoms with Crippen molar-refractivity contribution in [3.63, 3.8) is 0 Å². The zero-order valence-electron chi connectivity index (χ0n) is 16.4. The van der Waals surface area contributed by atoms with Crippen LogP contribution in [0.25, 0.3) is 10.8 Å². The summed E-state index contributed by atoms with van der Waals surface area (Å²) in [6, 6.07) is 22.5. The third-order valence-corrected chi connectivity index (χ3v) is 5.67. The van der Waals surface area contributed by atoms with E-state index in [0.29, 0.717) is 5.75 Å². The van der Waals surface area contributed by atoms with Crippen molar-refractivity contribution in [3.05, 3.63) is 72.3 Å². The second-order valence-electron chi connectivity index (χ2n) is 6.41. The van der Waals surface area contributed by atoms with Crippen molar-refractivity contribution in [2.75, 3.05) is 13.4 Å². The summed E-state index contributed by atoms with van der Waals surface area (Å²) >= 11 is 0. The molecule has 3 aromatic rings. The molecule has 0 amide bonds. The van der Waals surface area contributed by atoms with E-state index >= 15 is 0 Å². The number of carbonyl (C=O) groups is 1. The van der Waals surface area contributed by atoms with Crippen molar-refractivity contribution < 1.29 is 39.4 Å². The summed E-state index contributed by atoms with van der Waals surface area (Å²) in [5.74, 6) is 1.48. The third kappa shape index (κ3) is 9.93. The monoisotopic (exact) mass is 484 g/mol. The molecule has 0 aliphatic rings. The second kappa shape index (κ2) is 8.59. The Balaban J connectivity index is 0.000000423. The summed E-state index contributed by atoms with van der Waals surface area (Å²) in [4.78, 5) is 12.4. The van der Waals surface area contributed by atoms with Gasteiger partial charge in [0.2, 0.25) is 0 Å². The van der Waals surface area contributed by atoms with Gasteiger partial charge >= 0.3 is 39.1 Å². The number of carbonyl (C=O) groups excluding carboxylic acids is 1. The van der Waals surface area contributed by atoms with E-state index < -0.39 is 14.0 Å². The molecule has 31 heavy (non-hydrogen) atoms. The number of hydrogen-bond donors (Lipinski definition) is 0. The molecule has 1 unspecified atom stereocenters. The topological polar surface area (TPSA) is 35.5 Å². The molecule has 0 aliphatic heterocycles. The second-order valence-corrected chi connectivity index (χ2v) is 10.4. The summed E-state index contributed by atoms with van der Waals surface area (Å²) in [5.41, 5.74) is 1.36. The first kappa shape index (κ1) is 24.8. The van der Waals surface area contributed by atoms with E-state index in [1.165, 1.54) is 28.3 Å². The minimum atomic E-state index is -10.7. The Kier molecular flexibility index (Phi) is 6.88. The van der Waals surface area contributed by atoms with Crippen LogP contribution in [0, 0.1) is 0 Å². The Morgan fingerprint density at radius 1 is 0.871 bits per heavy atom. The van der Waals surface area contributed by atoms with Crippen LogP contribution in [0.3, 0.4) is 0 Å². The average molecular weight is 484 g/mol. The van der Waals surface area contributed by atoms with Gasteiger partial charge in [-0.2, -0.15) is 0 Å². The summed E-state index contributed by atoms with van der Waals surface area (Å²) in [7, 11) is -9.30. The van der Waals surface area contributed by atoms with Gasteiger partial charge in [-0.05, 0) is 35.0 Å². The molecule has 11 heteroatoms. The molecule has 0 aliphatic carbocycles. The van der Waals surface area contributed by atoms with Crippen LogP contribution in [0.2, 0.25) is 0 Å². The van der Waals surface area contributed by atoms with Gasteiger partial charge in [0.15, 0.2) is 4.90 Å². The maximum absolute atomic E-state index is 11.1. The predicted molar refractivity (Wildman–Crippen MR) is 112 cm³/mol. The number of ether oxygens (including phenoxy) is 2.